The summed E-state index contributed by atoms with van der Waals surface area (Å²) < 4.78 is 15.4. The van der Waals surface area contributed by atoms with Crippen LogP contribution in [0.1, 0.15) is 126 Å². The van der Waals surface area contributed by atoms with Crippen molar-refractivity contribution in [3.05, 3.63) is 244 Å². The molecule has 15 rings (SSSR count). The Morgan fingerprint density at radius 3 is 1.04 bits per heavy atom. The van der Waals surface area contributed by atoms with Crippen molar-refractivity contribution in [3.63, 3.8) is 0 Å². The minimum Gasteiger partial charge on any atom is -0.497 e. The zero-order chi connectivity index (χ0) is 93.7. The maximum atomic E-state index is 12.0. The van der Waals surface area contributed by atoms with E-state index < -0.39 is 65.3 Å². The number of nitrogens with zero attached hydrogens (tertiary/aromatic N) is 6. The second-order valence-electron chi connectivity index (χ2n) is 30.7. The smallest absolute Gasteiger partial charge is 0.320 e. The third-order valence-corrected chi connectivity index (χ3v) is 31.3. The zero-order valence-corrected chi connectivity index (χ0v) is 82.8. The van der Waals surface area contributed by atoms with Gasteiger partial charge in [0.15, 0.2) is 11.5 Å². The van der Waals surface area contributed by atoms with Gasteiger partial charge < -0.3 is 44.8 Å². The average Bonchev–Trinajstić information content (AvgIpc) is 1.72. The number of rotatable bonds is 29. The summed E-state index contributed by atoms with van der Waals surface area (Å²) in [5.41, 5.74) is 10.7. The fourth-order valence-electron chi connectivity index (χ4n) is 13.3. The standard InChI is InChI=1S/C23H25NO4S.C20H19NO3S.C18H21NO2S.2C13H12BrNO2S.C12H10BrNO2S/c1-5-23(6-2,22(25)26)29-21-11-12-24-18-9-7-15(13-17(18)21)16-8-10-19(27-3)20(14-16)28-4;1-20(2,19(22)23)25-18-10-11-21-17-9-6-14(12-16(17)18)13-4-7-15(24-3)8-5-13;1-3-18(4-2,17(20)21)22-16-9-10-19-15-8-7-13(11-14(15)16)12-5-6-12;1-13(2,12(16)17)18-11-5-6-15-10-4-3-8(14)7-9(10)11;1-2-11(13(16)17)18-12-5-6-15-10-4-3-8(14)7-9(10)12;1-7(12(15)16)17-11-4-5-14-10-3-2-8(13)6-9(10)11/h7-14H,5-6H2,1-4H3,(H,25,26);4-12H,1-3H3,(H,22,23);7-12H,3-6H2,1-2H3,(H,20,21);3-7H,1-2H3,(H,16,17);3-7,11H,2H2,1H3,(H,16,17);2-7H,1H3,(H,15,16). The molecule has 0 saturated heterocycles. The maximum absolute atomic E-state index is 12.0. The highest BCUT2D eigenvalue weighted by Crippen LogP contribution is 2.48. The number of carboxylic acid groups (broad SMARTS) is 6. The lowest BCUT2D eigenvalue weighted by molar-refractivity contribution is -0.141. The molecule has 14 aromatic rings. The Kier molecular flexibility index (Phi) is 36.2. The monoisotopic (exact) mass is 2040 g/mol. The van der Waals surface area contributed by atoms with Gasteiger partial charge in [-0.2, -0.15) is 0 Å². The Morgan fingerprint density at radius 2 is 0.690 bits per heavy atom. The summed E-state index contributed by atoms with van der Waals surface area (Å²) in [6.07, 6.45) is 15.8. The molecular formula is C99H99Br3N6O15S6. The molecule has 6 aromatic heterocycles. The van der Waals surface area contributed by atoms with E-state index in [2.05, 4.69) is 108 Å². The number of aliphatic carboxylic acids is 6. The van der Waals surface area contributed by atoms with Crippen molar-refractivity contribution in [1.29, 1.82) is 0 Å². The lowest BCUT2D eigenvalue weighted by atomic mass is 10.0. The van der Waals surface area contributed by atoms with Crippen molar-refractivity contribution >= 4 is 220 Å². The van der Waals surface area contributed by atoms with E-state index in [9.17, 15) is 49.2 Å². The van der Waals surface area contributed by atoms with Crippen LogP contribution in [0.25, 0.3) is 87.7 Å². The summed E-state index contributed by atoms with van der Waals surface area (Å²) in [5, 5.41) is 61.1. The molecule has 672 valence electrons. The largest absolute Gasteiger partial charge is 0.497 e. The number of thioether (sulfide) groups is 6. The van der Waals surface area contributed by atoms with Gasteiger partial charge in [-0.15, -0.1) is 70.6 Å². The van der Waals surface area contributed by atoms with Crippen LogP contribution in [0.4, 0.5) is 0 Å². The number of pyridine rings is 6. The predicted octanol–water partition coefficient (Wildman–Crippen LogP) is 26.8. The SMILES string of the molecule is CC(C)(Sc1ccnc2ccc(Br)cc12)C(=O)O.CC(Sc1ccnc2ccc(Br)cc12)C(=O)O.CCC(CC)(Sc1ccnc2ccc(-c3ccc(OC)c(OC)c3)cc12)C(=O)O.CCC(CC)(Sc1ccnc2ccc(C3CC3)cc12)C(=O)O.CCC(Sc1ccnc2ccc(Br)cc12)C(=O)O.COc1ccc(-c2ccc3nccc(SC(C)(C)C(=O)O)c3c2)cc1. The Hall–Kier alpha value is -10.0. The Labute approximate surface area is 800 Å². The predicted molar refractivity (Wildman–Crippen MR) is 535 cm³/mol. The molecular weight excluding hydrogens is 1950 g/mol. The Bertz CT molecular complexity index is 6390. The summed E-state index contributed by atoms with van der Waals surface area (Å²) in [6, 6.07) is 60.8. The topological polar surface area (TPSA) is 329 Å². The number of hydrogen-bond donors (Lipinski definition) is 6. The van der Waals surface area contributed by atoms with Gasteiger partial charge in [0.25, 0.3) is 0 Å². The molecule has 1 aliphatic rings. The third-order valence-electron chi connectivity index (χ3n) is 21.3. The first-order valence-corrected chi connectivity index (χ1v) is 48.6. The van der Waals surface area contributed by atoms with Gasteiger partial charge in [-0.25, -0.2) is 0 Å². The van der Waals surface area contributed by atoms with Crippen molar-refractivity contribution < 1.29 is 73.6 Å². The molecule has 0 aliphatic heterocycles. The average molecular weight is 2050 g/mol. The minimum absolute atomic E-state index is 0.422. The number of ether oxygens (including phenoxy) is 3. The van der Waals surface area contributed by atoms with Crippen LogP contribution in [0.2, 0.25) is 0 Å². The summed E-state index contributed by atoms with van der Waals surface area (Å²) in [4.78, 5) is 100. The van der Waals surface area contributed by atoms with E-state index in [1.165, 1.54) is 89.0 Å². The van der Waals surface area contributed by atoms with E-state index in [4.69, 9.17) is 24.4 Å². The molecule has 6 N–H and O–H groups in total. The van der Waals surface area contributed by atoms with Crippen LogP contribution in [-0.4, -0.2) is 147 Å². The number of benzene rings is 8. The molecule has 0 spiro atoms. The third kappa shape index (κ3) is 26.2. The number of hydrogen-bond acceptors (Lipinski definition) is 21. The van der Waals surface area contributed by atoms with Crippen LogP contribution >= 0.6 is 118 Å². The zero-order valence-electron chi connectivity index (χ0n) is 73.2. The second-order valence-corrected chi connectivity index (χ2v) is 42.2. The van der Waals surface area contributed by atoms with Gasteiger partial charge in [0.1, 0.15) is 35.2 Å². The molecule has 21 nitrogen and oxygen atoms in total. The first-order chi connectivity index (χ1) is 61.6. The van der Waals surface area contributed by atoms with Crippen molar-refractivity contribution in [1.82, 2.24) is 29.9 Å². The molecule has 1 aliphatic carbocycles. The molecule has 2 atom stereocenters. The van der Waals surface area contributed by atoms with Crippen LogP contribution in [0, 0.1) is 0 Å². The van der Waals surface area contributed by atoms with E-state index in [0.29, 0.717) is 49.5 Å². The molecule has 2 unspecified atom stereocenters. The number of fused-ring (bicyclic) bond motifs is 6. The highest BCUT2D eigenvalue weighted by atomic mass is 79.9. The fourth-order valence-corrected chi connectivity index (χ4v) is 20.8. The van der Waals surface area contributed by atoms with Crippen LogP contribution in [0.3, 0.4) is 0 Å². The number of carboxylic acids is 6. The van der Waals surface area contributed by atoms with Gasteiger partial charge >= 0.3 is 35.8 Å². The van der Waals surface area contributed by atoms with Crippen LogP contribution in [-0.2, 0) is 28.8 Å². The van der Waals surface area contributed by atoms with Gasteiger partial charge in [0.2, 0.25) is 0 Å². The van der Waals surface area contributed by atoms with E-state index in [1.807, 2.05) is 192 Å². The number of carbonyl (C=O) groups is 6. The summed E-state index contributed by atoms with van der Waals surface area (Å²) >= 11 is 18.5. The molecule has 30 heteroatoms. The first-order valence-electron chi connectivity index (χ1n) is 41.2. The number of halogens is 3. The Balaban J connectivity index is 0.000000163. The molecule has 0 radical (unpaired) electrons. The quantitative estimate of drug-likeness (QED) is 0.0237. The molecule has 1 saturated carbocycles. The van der Waals surface area contributed by atoms with Crippen molar-refractivity contribution in [2.75, 3.05) is 21.3 Å². The van der Waals surface area contributed by atoms with Crippen molar-refractivity contribution in [2.24, 2.45) is 0 Å². The van der Waals surface area contributed by atoms with Crippen LogP contribution < -0.4 is 14.2 Å². The van der Waals surface area contributed by atoms with Gasteiger partial charge in [-0.05, 0) is 265 Å². The first kappa shape index (κ1) is 101. The molecule has 129 heavy (non-hydrogen) atoms. The van der Waals surface area contributed by atoms with E-state index >= 15 is 0 Å². The molecule has 1 fully saturated rings. The van der Waals surface area contributed by atoms with Crippen molar-refractivity contribution in [3.8, 4) is 39.5 Å². The lowest BCUT2D eigenvalue weighted by Gasteiger charge is -2.26. The van der Waals surface area contributed by atoms with Gasteiger partial charge in [0.05, 0.1) is 54.4 Å². The number of methoxy groups -OCH3 is 3. The highest BCUT2D eigenvalue weighted by molar-refractivity contribution is 9.11. The van der Waals surface area contributed by atoms with Gasteiger partial charge in [-0.3, -0.25) is 58.7 Å². The second kappa shape index (κ2) is 46.2. The number of aromatic nitrogens is 6. The summed E-state index contributed by atoms with van der Waals surface area (Å²) in [6.45, 7) is 18.1. The van der Waals surface area contributed by atoms with Gasteiger partial charge in [0, 0.05) is 112 Å². The molecule has 8 aromatic carbocycles. The van der Waals surface area contributed by atoms with Crippen molar-refractivity contribution in [2.45, 2.75) is 179 Å². The Morgan fingerprint density at radius 1 is 0.364 bits per heavy atom. The van der Waals surface area contributed by atoms with E-state index in [1.54, 1.807) is 93.1 Å². The van der Waals surface area contributed by atoms with E-state index in [-0.39, 0.29) is 0 Å². The van der Waals surface area contributed by atoms with Crippen LogP contribution in [0.5, 0.6) is 17.2 Å². The molecule has 6 heterocycles. The summed E-state index contributed by atoms with van der Waals surface area (Å²) in [7, 11) is 4.87. The van der Waals surface area contributed by atoms with Gasteiger partial charge in [-0.1, -0.05) is 119 Å². The lowest BCUT2D eigenvalue weighted by Crippen LogP contribution is -2.33. The van der Waals surface area contributed by atoms with Crippen LogP contribution in [0.15, 0.2) is 268 Å². The molecule has 0 amide bonds. The normalized spacial score (nSPS) is 12.4. The fraction of sp³-hybridized carbons (Fsp3) is 0.273. The summed E-state index contributed by atoms with van der Waals surface area (Å²) in [5.74, 6) is -1.94. The minimum atomic E-state index is -0.912. The van der Waals surface area contributed by atoms with E-state index in [0.717, 1.165) is 136 Å². The maximum Gasteiger partial charge on any atom is 0.320 e. The molecule has 0 bridgehead atoms. The highest BCUT2D eigenvalue weighted by Gasteiger charge is 2.39.